The lowest BCUT2D eigenvalue weighted by Crippen LogP contribution is -2.72. The lowest BCUT2D eigenvalue weighted by Gasteiger charge is -2.50. The number of amides is 3. The van der Waals surface area contributed by atoms with E-state index in [0.29, 0.717) is 0 Å². The number of carbonyl (C=O) groups is 3. The number of fused-ring (bicyclic) bond motifs is 1. The number of nitrogens with zero attached hydrogens (tertiary/aromatic N) is 2. The summed E-state index contributed by atoms with van der Waals surface area (Å²) < 4.78 is 0. The molecule has 3 rings (SSSR count). The highest BCUT2D eigenvalue weighted by molar-refractivity contribution is 8.00. The average molecular weight is 378 g/mol. The van der Waals surface area contributed by atoms with E-state index in [1.807, 2.05) is 31.2 Å². The topological polar surface area (TPSA) is 102 Å². The lowest BCUT2D eigenvalue weighted by atomic mass is 9.95. The second-order valence-corrected chi connectivity index (χ2v) is 7.64. The molecule has 2 aliphatic heterocycles. The van der Waals surface area contributed by atoms with Crippen molar-refractivity contribution in [3.63, 3.8) is 0 Å². The highest BCUT2D eigenvalue weighted by atomic mass is 32.2. The number of carboxylic acids is 1. The Morgan fingerprint density at radius 1 is 1.23 bits per heavy atom. The summed E-state index contributed by atoms with van der Waals surface area (Å²) >= 11 is 1.17. The van der Waals surface area contributed by atoms with Gasteiger partial charge in [0.1, 0.15) is 0 Å². The summed E-state index contributed by atoms with van der Waals surface area (Å²) in [6, 6.07) is 7.44. The summed E-state index contributed by atoms with van der Waals surface area (Å²) in [4.78, 5) is 38.7. The van der Waals surface area contributed by atoms with E-state index in [2.05, 4.69) is 10.6 Å². The molecule has 2 fully saturated rings. The molecular formula is C17H22N4O4S. The first kappa shape index (κ1) is 18.7. The van der Waals surface area contributed by atoms with Crippen LogP contribution in [0.15, 0.2) is 24.3 Å². The molecule has 1 aromatic carbocycles. The number of aliphatic carboxylic acids is 1. The molecule has 0 spiro atoms. The van der Waals surface area contributed by atoms with Gasteiger partial charge in [0.15, 0.2) is 0 Å². The molecule has 1 aromatic rings. The molecule has 0 saturated carbocycles. The quantitative estimate of drug-likeness (QED) is 0.712. The van der Waals surface area contributed by atoms with Gasteiger partial charge in [-0.05, 0) is 18.1 Å². The van der Waals surface area contributed by atoms with Gasteiger partial charge in [-0.15, -0.1) is 11.8 Å². The molecule has 8 nitrogen and oxygen atoms in total. The van der Waals surface area contributed by atoms with Gasteiger partial charge in [-0.25, -0.2) is 4.79 Å². The van der Waals surface area contributed by atoms with Crippen molar-refractivity contribution in [2.24, 2.45) is 5.92 Å². The summed E-state index contributed by atoms with van der Waals surface area (Å²) in [6.45, 7) is 1.98. The predicted molar refractivity (Wildman–Crippen MR) is 97.3 cm³/mol. The Balaban J connectivity index is 1.95. The molecule has 2 aliphatic rings. The fourth-order valence-corrected chi connectivity index (χ4v) is 4.48. The van der Waals surface area contributed by atoms with E-state index < -0.39 is 23.4 Å². The number of aryl methyl sites for hydroxylation is 1. The van der Waals surface area contributed by atoms with E-state index in [4.69, 9.17) is 5.11 Å². The van der Waals surface area contributed by atoms with E-state index in [9.17, 15) is 14.4 Å². The molecule has 0 bridgehead atoms. The third kappa shape index (κ3) is 3.29. The first-order valence-electron chi connectivity index (χ1n) is 8.26. The van der Waals surface area contributed by atoms with E-state index in [-0.39, 0.29) is 23.9 Å². The molecule has 3 N–H and O–H groups in total. The van der Waals surface area contributed by atoms with E-state index in [0.717, 1.165) is 16.0 Å². The molecule has 140 valence electrons. The fourth-order valence-electron chi connectivity index (χ4n) is 3.45. The zero-order chi connectivity index (χ0) is 19.0. The lowest BCUT2D eigenvalue weighted by molar-refractivity contribution is -0.140. The van der Waals surface area contributed by atoms with Gasteiger partial charge in [0.25, 0.3) is 0 Å². The van der Waals surface area contributed by atoms with Crippen LogP contribution < -0.4 is 10.6 Å². The van der Waals surface area contributed by atoms with Crippen LogP contribution in [0.2, 0.25) is 0 Å². The van der Waals surface area contributed by atoms with E-state index in [1.165, 1.54) is 23.7 Å². The fraction of sp³-hybridized carbons (Fsp3) is 0.471. The summed E-state index contributed by atoms with van der Waals surface area (Å²) in [5, 5.41) is 15.3. The van der Waals surface area contributed by atoms with Gasteiger partial charge >= 0.3 is 12.0 Å². The second kappa shape index (κ2) is 7.26. The van der Waals surface area contributed by atoms with Crippen LogP contribution in [0.25, 0.3) is 0 Å². The third-order valence-electron chi connectivity index (χ3n) is 4.84. The molecule has 2 saturated heterocycles. The molecule has 9 heteroatoms. The molecule has 0 aliphatic carbocycles. The van der Waals surface area contributed by atoms with Crippen LogP contribution in [0.5, 0.6) is 0 Å². The maximum atomic E-state index is 12.7. The smallest absolute Gasteiger partial charge is 0.327 e. The second-order valence-electron chi connectivity index (χ2n) is 6.51. The van der Waals surface area contributed by atoms with Crippen LogP contribution in [0, 0.1) is 12.8 Å². The Hall–Kier alpha value is -2.10. The van der Waals surface area contributed by atoms with Crippen molar-refractivity contribution in [3.8, 4) is 0 Å². The minimum atomic E-state index is -0.944. The number of urea groups is 1. The molecule has 0 radical (unpaired) electrons. The Kier molecular flexibility index (Phi) is 5.22. The minimum Gasteiger partial charge on any atom is -0.481 e. The van der Waals surface area contributed by atoms with E-state index in [1.54, 1.807) is 7.05 Å². The number of carbonyl (C=O) groups excluding carboxylic acids is 2. The Labute approximate surface area is 155 Å². The van der Waals surface area contributed by atoms with Gasteiger partial charge in [-0.3, -0.25) is 25.1 Å². The maximum absolute atomic E-state index is 12.7. The summed E-state index contributed by atoms with van der Waals surface area (Å²) in [7, 11) is 3.10. The van der Waals surface area contributed by atoms with Crippen LogP contribution in [-0.4, -0.2) is 64.2 Å². The summed E-state index contributed by atoms with van der Waals surface area (Å²) in [5.41, 5.74) is 2.06. The molecule has 4 unspecified atom stereocenters. The van der Waals surface area contributed by atoms with Crippen molar-refractivity contribution < 1.29 is 19.5 Å². The van der Waals surface area contributed by atoms with Crippen molar-refractivity contribution in [2.45, 2.75) is 24.6 Å². The van der Waals surface area contributed by atoms with Crippen molar-refractivity contribution in [1.82, 2.24) is 20.4 Å². The van der Waals surface area contributed by atoms with Crippen LogP contribution in [0.4, 0.5) is 4.79 Å². The average Bonchev–Trinajstić information content (AvgIpc) is 2.62. The zero-order valence-corrected chi connectivity index (χ0v) is 15.6. The highest BCUT2D eigenvalue weighted by Crippen LogP contribution is 2.34. The predicted octanol–water partition coefficient (Wildman–Crippen LogP) is 0.796. The Morgan fingerprint density at radius 2 is 1.92 bits per heavy atom. The Bertz CT molecular complexity index is 743. The van der Waals surface area contributed by atoms with Crippen LogP contribution in [0.1, 0.15) is 17.3 Å². The largest absolute Gasteiger partial charge is 0.481 e. The molecule has 0 aromatic heterocycles. The number of imide groups is 1. The number of hydrogen-bond donors (Lipinski definition) is 3. The number of thioether (sulfide) groups is 1. The van der Waals surface area contributed by atoms with E-state index >= 15 is 0 Å². The minimum absolute atomic E-state index is 0.129. The monoisotopic (exact) mass is 378 g/mol. The molecule has 26 heavy (non-hydrogen) atoms. The Morgan fingerprint density at radius 3 is 2.58 bits per heavy atom. The maximum Gasteiger partial charge on any atom is 0.327 e. The van der Waals surface area contributed by atoms with Gasteiger partial charge in [-0.2, -0.15) is 0 Å². The van der Waals surface area contributed by atoms with Crippen LogP contribution >= 0.6 is 11.8 Å². The SMILES string of the molecule is Cc1ccccc1C1NC(SCC(=O)O)C2C(=O)N(C)C(=O)N(C)C2N1. The van der Waals surface area contributed by atoms with Crippen molar-refractivity contribution in [3.05, 3.63) is 35.4 Å². The first-order valence-corrected chi connectivity index (χ1v) is 9.31. The van der Waals surface area contributed by atoms with Crippen molar-refractivity contribution >= 4 is 29.7 Å². The van der Waals surface area contributed by atoms with Gasteiger partial charge in [0.2, 0.25) is 5.91 Å². The molecular weight excluding hydrogens is 356 g/mol. The number of rotatable bonds is 4. The standard InChI is InChI=1S/C17H22N4O4S/c1-9-6-4-5-7-10(9)13-18-14-12(15(19-13)26-8-11(22)23)16(24)21(3)17(25)20(14)2/h4-7,12-15,18-19H,8H2,1-3H3,(H,22,23). The van der Waals surface area contributed by atoms with Gasteiger partial charge < -0.3 is 10.0 Å². The third-order valence-corrected chi connectivity index (χ3v) is 6.04. The number of nitrogens with one attached hydrogen (secondary N) is 2. The van der Waals surface area contributed by atoms with Crippen LogP contribution in [0.3, 0.4) is 0 Å². The van der Waals surface area contributed by atoms with Crippen LogP contribution in [-0.2, 0) is 9.59 Å². The first-order chi connectivity index (χ1) is 12.3. The van der Waals surface area contributed by atoms with Gasteiger partial charge in [-0.1, -0.05) is 24.3 Å². The summed E-state index contributed by atoms with van der Waals surface area (Å²) in [5.74, 6) is -1.97. The van der Waals surface area contributed by atoms with Crippen molar-refractivity contribution in [2.75, 3.05) is 19.8 Å². The number of benzene rings is 1. The zero-order valence-electron chi connectivity index (χ0n) is 14.8. The number of carboxylic acid groups (broad SMARTS) is 1. The highest BCUT2D eigenvalue weighted by Gasteiger charge is 2.51. The van der Waals surface area contributed by atoms with Gasteiger partial charge in [0, 0.05) is 14.1 Å². The molecule has 2 heterocycles. The van der Waals surface area contributed by atoms with Crippen molar-refractivity contribution in [1.29, 1.82) is 0 Å². The van der Waals surface area contributed by atoms with Gasteiger partial charge in [0.05, 0.1) is 29.4 Å². The molecule has 4 atom stereocenters. The normalized spacial score (nSPS) is 28.9. The molecule has 3 amide bonds. The number of hydrogen-bond acceptors (Lipinski definition) is 6. The summed E-state index contributed by atoms with van der Waals surface area (Å²) in [6.07, 6.45) is -0.807.